The summed E-state index contributed by atoms with van der Waals surface area (Å²) in [7, 11) is -10.7. The maximum Gasteiger partial charge on any atom is 0.437 e. The van der Waals surface area contributed by atoms with E-state index in [1.807, 2.05) is 52.0 Å². The largest absolute Gasteiger partial charge is 0.505 e. The van der Waals surface area contributed by atoms with Gasteiger partial charge in [0.15, 0.2) is 11.5 Å². The van der Waals surface area contributed by atoms with Crippen LogP contribution in [-0.2, 0) is 36.1 Å². The van der Waals surface area contributed by atoms with E-state index in [1.165, 1.54) is 28.8 Å². The Balaban J connectivity index is 0.00000103. The molecular weight excluding hydrogens is 955 g/mol. The van der Waals surface area contributed by atoms with Crippen LogP contribution in [0.25, 0.3) is 10.8 Å². The Labute approximate surface area is 395 Å². The number of phenols is 2. The van der Waals surface area contributed by atoms with E-state index >= 15 is 0 Å². The van der Waals surface area contributed by atoms with Gasteiger partial charge in [-0.25, -0.2) is 0 Å². The lowest BCUT2D eigenvalue weighted by Crippen LogP contribution is -2.01. The zero-order chi connectivity index (χ0) is 50.4. The number of phenolic OH excluding ortho intramolecular Hbond substituents is 2. The van der Waals surface area contributed by atoms with E-state index in [-0.39, 0.29) is 33.5 Å². The summed E-state index contributed by atoms with van der Waals surface area (Å²) in [5.74, 6) is -0.143. The average molecular weight is 991 g/mol. The molecule has 0 spiro atoms. The highest BCUT2D eigenvalue weighted by molar-refractivity contribution is 7.86. The maximum atomic E-state index is 11.8. The van der Waals surface area contributed by atoms with E-state index in [0.717, 1.165) is 22.3 Å². The van der Waals surface area contributed by atoms with Gasteiger partial charge in [-0.05, 0) is 134 Å². The summed E-state index contributed by atoms with van der Waals surface area (Å²) < 4.78 is 84.7. The number of hydrogen-bond acceptors (Lipinski definition) is 19. The van der Waals surface area contributed by atoms with Crippen molar-refractivity contribution in [2.75, 3.05) is 0 Å². The molecule has 0 heterocycles. The lowest BCUT2D eigenvalue weighted by molar-refractivity contribution is 0.473. The molecule has 0 radical (unpaired) electrons. The van der Waals surface area contributed by atoms with Gasteiger partial charge < -0.3 is 10.2 Å². The quantitative estimate of drug-likeness (QED) is 0.0358. The number of azo groups is 4. The van der Waals surface area contributed by atoms with Crippen LogP contribution in [0.4, 0.5) is 56.9 Å². The number of aryl methyl sites for hydroxylation is 4. The van der Waals surface area contributed by atoms with Gasteiger partial charge in [0.2, 0.25) is 5.69 Å². The van der Waals surface area contributed by atoms with Gasteiger partial charge in [0.1, 0.15) is 16.3 Å². The van der Waals surface area contributed by atoms with Gasteiger partial charge in [-0.1, -0.05) is 34.9 Å². The van der Waals surface area contributed by atoms with Gasteiger partial charge >= 0.3 is 27.3 Å². The number of isocyanates is 1. The van der Waals surface area contributed by atoms with Crippen molar-refractivity contribution in [2.45, 2.75) is 32.6 Å². The summed E-state index contributed by atoms with van der Waals surface area (Å²) in [4.78, 5) is 11.5. The SMILES string of the molecule is Cc1cc(N=Nc2cc(C)c(N=Nc3ccc4cc([N+](=C=O)c5ccccc5O)ccc4c3O)cc2C)ccc1N=Nc1ccc(N=Nc2ccccc2S(=O)(=O)O)c(C)c1.O=S(=O)=O.O=S(=O)=O. The van der Waals surface area contributed by atoms with Crippen molar-refractivity contribution in [1.29, 1.82) is 0 Å². The molecular formula is C45H36N9O12S3+. The Bertz CT molecular complexity index is 3620. The predicted molar refractivity (Wildman–Crippen MR) is 251 cm³/mol. The average Bonchev–Trinajstić information content (AvgIpc) is 3.29. The number of fused-ring (bicyclic) bond motifs is 1. The van der Waals surface area contributed by atoms with Crippen LogP contribution in [0.2, 0.25) is 0 Å². The normalized spacial score (nSPS) is 11.3. The minimum Gasteiger partial charge on any atom is -0.505 e. The number of nitrogens with zero attached hydrogens (tertiary/aromatic N) is 9. The number of para-hydroxylation sites is 2. The van der Waals surface area contributed by atoms with Gasteiger partial charge in [0.25, 0.3) is 15.8 Å². The Hall–Kier alpha value is -8.67. The predicted octanol–water partition coefficient (Wildman–Crippen LogP) is 11.6. The monoisotopic (exact) mass is 990 g/mol. The summed E-state index contributed by atoms with van der Waals surface area (Å²) in [6.45, 7) is 7.48. The molecule has 0 unspecified atom stereocenters. The van der Waals surface area contributed by atoms with Crippen LogP contribution in [0.15, 0.2) is 173 Å². The van der Waals surface area contributed by atoms with Crippen molar-refractivity contribution in [3.05, 3.63) is 150 Å². The summed E-state index contributed by atoms with van der Waals surface area (Å²) in [6, 6.07) is 35.0. The van der Waals surface area contributed by atoms with Crippen LogP contribution < -0.4 is 4.58 Å². The third kappa shape index (κ3) is 14.2. The third-order valence-electron chi connectivity index (χ3n) is 9.52. The van der Waals surface area contributed by atoms with Gasteiger partial charge in [0, 0.05) is 23.6 Å². The number of aromatic hydroxyl groups is 2. The molecule has 21 nitrogen and oxygen atoms in total. The molecule has 7 aromatic rings. The highest BCUT2D eigenvalue weighted by Gasteiger charge is 2.20. The van der Waals surface area contributed by atoms with E-state index in [1.54, 1.807) is 84.9 Å². The molecule has 0 fully saturated rings. The van der Waals surface area contributed by atoms with Crippen LogP contribution in [0, 0.1) is 27.7 Å². The molecule has 3 N–H and O–H groups in total. The minimum absolute atomic E-state index is 0.0180. The lowest BCUT2D eigenvalue weighted by atomic mass is 10.1. The van der Waals surface area contributed by atoms with E-state index in [9.17, 15) is 28.0 Å². The number of benzene rings is 7. The molecule has 0 aliphatic heterocycles. The fraction of sp³-hybridized carbons (Fsp3) is 0.0889. The first-order chi connectivity index (χ1) is 32.7. The second kappa shape index (κ2) is 23.2. The molecule has 7 rings (SSSR count). The second-order valence-electron chi connectivity index (χ2n) is 14.3. The summed E-state index contributed by atoms with van der Waals surface area (Å²) in [5, 5.41) is 57.1. The highest BCUT2D eigenvalue weighted by Crippen LogP contribution is 2.39. The van der Waals surface area contributed by atoms with E-state index in [4.69, 9.17) is 25.3 Å². The van der Waals surface area contributed by atoms with E-state index < -0.39 is 31.3 Å². The molecule has 0 atom stereocenters. The van der Waals surface area contributed by atoms with Crippen molar-refractivity contribution < 1.29 is 53.2 Å². The fourth-order valence-electron chi connectivity index (χ4n) is 6.23. The standard InChI is InChI=1S/C45H35N9O6S.2O3S/c1-27-21-33(14-19-36(27)48-46-32-15-20-37(28(2)22-32)49-50-38-9-5-8-12-44(38)61(58,59)60)47-52-40-23-30(4)41(24-29(40)3)53-51-39-18-13-31-25-34(16-17-35(31)45(39)57)54(26-55)42-10-6-7-11-43(42)56;2*1-4(2)3/h5-25H,1-4H3,(H2-,46,47,50,53,56,57,58,59,60);;/p+1. The molecule has 0 aliphatic rings. The van der Waals surface area contributed by atoms with Crippen molar-refractivity contribution in [3.8, 4) is 11.5 Å². The number of rotatable bonds is 11. The number of carbonyl (C=O) groups excluding carboxylic acids is 1. The van der Waals surface area contributed by atoms with Gasteiger partial charge in [-0.3, -0.25) is 4.55 Å². The highest BCUT2D eigenvalue weighted by atomic mass is 32.2. The maximum absolute atomic E-state index is 11.8. The van der Waals surface area contributed by atoms with E-state index in [0.29, 0.717) is 50.6 Å². The smallest absolute Gasteiger partial charge is 0.437 e. The second-order valence-corrected chi connectivity index (χ2v) is 16.5. The molecule has 0 aromatic heterocycles. The first-order valence-electron chi connectivity index (χ1n) is 19.6. The zero-order valence-corrected chi connectivity index (χ0v) is 38.8. The van der Waals surface area contributed by atoms with Crippen LogP contribution in [0.1, 0.15) is 22.3 Å². The van der Waals surface area contributed by atoms with Crippen molar-refractivity contribution in [2.24, 2.45) is 40.9 Å². The van der Waals surface area contributed by atoms with Crippen LogP contribution in [-0.4, -0.2) is 54.5 Å². The summed E-state index contributed by atoms with van der Waals surface area (Å²) >= 11 is 0. The Morgan fingerprint density at radius 1 is 0.493 bits per heavy atom. The summed E-state index contributed by atoms with van der Waals surface area (Å²) in [6.07, 6.45) is 1.85. The molecule has 0 aliphatic carbocycles. The van der Waals surface area contributed by atoms with Gasteiger partial charge in [0.05, 0.1) is 34.1 Å². The van der Waals surface area contributed by atoms with Crippen molar-refractivity contribution >= 4 is 105 Å². The Morgan fingerprint density at radius 2 is 0.942 bits per heavy atom. The molecule has 0 saturated carbocycles. The van der Waals surface area contributed by atoms with Crippen molar-refractivity contribution in [3.63, 3.8) is 0 Å². The van der Waals surface area contributed by atoms with Crippen molar-refractivity contribution in [1.82, 2.24) is 4.58 Å². The first kappa shape index (κ1) is 51.3. The first-order valence-corrected chi connectivity index (χ1v) is 23.0. The topological polar surface area (TPSA) is 316 Å². The Morgan fingerprint density at radius 3 is 1.48 bits per heavy atom. The molecule has 350 valence electrons. The third-order valence-corrected chi connectivity index (χ3v) is 10.4. The molecule has 69 heavy (non-hydrogen) atoms. The number of hydrogen-bond donors (Lipinski definition) is 3. The molecule has 0 amide bonds. The van der Waals surface area contributed by atoms with Crippen LogP contribution in [0.5, 0.6) is 11.5 Å². The zero-order valence-electron chi connectivity index (χ0n) is 36.4. The summed E-state index contributed by atoms with van der Waals surface area (Å²) in [5.41, 5.74) is 7.74. The molecule has 7 aromatic carbocycles. The van der Waals surface area contributed by atoms with Crippen LogP contribution in [0.3, 0.4) is 0 Å². The molecule has 24 heteroatoms. The lowest BCUT2D eigenvalue weighted by Gasteiger charge is -2.07. The van der Waals surface area contributed by atoms with E-state index in [2.05, 4.69) is 40.9 Å². The van der Waals surface area contributed by atoms with Crippen LogP contribution >= 0.6 is 0 Å². The van der Waals surface area contributed by atoms with Gasteiger partial charge in [-0.2, -0.15) is 43.9 Å². The Kier molecular flexibility index (Phi) is 17.2. The molecule has 0 bridgehead atoms. The fourth-order valence-corrected chi connectivity index (χ4v) is 6.85. The minimum atomic E-state index is -4.45. The molecule has 0 saturated heterocycles. The van der Waals surface area contributed by atoms with Gasteiger partial charge in [-0.15, -0.1) is 35.5 Å².